The van der Waals surface area contributed by atoms with Crippen LogP contribution in [-0.2, 0) is 12.4 Å². The van der Waals surface area contributed by atoms with Crippen LogP contribution in [0.5, 0.6) is 0 Å². The number of aryl methyl sites for hydroxylation is 1. The topological polar surface area (TPSA) is 45.8 Å². The average Bonchev–Trinajstić information content (AvgIpc) is 2.37. The molecule has 0 saturated heterocycles. The molecule has 2 rings (SSSR count). The molecule has 0 aliphatic carbocycles. The minimum absolute atomic E-state index is 0.324. The van der Waals surface area contributed by atoms with Gasteiger partial charge in [-0.1, -0.05) is 23.2 Å². The standard InChI is InChI=1S/C13H6Cl2F6N2O/c1-4-22-10(13(19,20)21)9(11(24)23-4)8-6(14)2-5(3-7(8)15)12(16,17)18/h2-3H,1H3,(H,22,23,24). The molecule has 2 aromatic rings. The van der Waals surface area contributed by atoms with E-state index in [9.17, 15) is 31.1 Å². The molecule has 0 amide bonds. The molecule has 130 valence electrons. The van der Waals surface area contributed by atoms with Gasteiger partial charge in [0.1, 0.15) is 5.82 Å². The van der Waals surface area contributed by atoms with Crippen LogP contribution in [0.1, 0.15) is 17.1 Å². The van der Waals surface area contributed by atoms with E-state index in [2.05, 4.69) is 4.98 Å². The second-order valence-corrected chi connectivity index (χ2v) is 5.50. The fourth-order valence-corrected chi connectivity index (χ4v) is 2.67. The van der Waals surface area contributed by atoms with Gasteiger partial charge in [0.05, 0.1) is 21.2 Å². The van der Waals surface area contributed by atoms with Gasteiger partial charge < -0.3 is 4.98 Å². The minimum Gasteiger partial charge on any atom is -0.310 e. The maximum absolute atomic E-state index is 13.1. The van der Waals surface area contributed by atoms with Crippen LogP contribution < -0.4 is 5.56 Å². The predicted octanol–water partition coefficient (Wildman–Crippen LogP) is 5.09. The SMILES string of the molecule is Cc1nc(C(F)(F)F)c(-c2c(Cl)cc(C(F)(F)F)cc2Cl)c(=O)[nH]1. The van der Waals surface area contributed by atoms with Crippen molar-refractivity contribution >= 4 is 23.2 Å². The molecule has 1 aromatic heterocycles. The molecule has 1 N–H and O–H groups in total. The van der Waals surface area contributed by atoms with Crippen LogP contribution >= 0.6 is 23.2 Å². The third kappa shape index (κ3) is 3.51. The number of halogens is 8. The third-order valence-electron chi connectivity index (χ3n) is 2.93. The molecule has 0 bridgehead atoms. The van der Waals surface area contributed by atoms with Crippen molar-refractivity contribution in [3.05, 3.63) is 49.6 Å². The zero-order chi connectivity index (χ0) is 18.4. The minimum atomic E-state index is -5.04. The predicted molar refractivity (Wildman–Crippen MR) is 75.1 cm³/mol. The van der Waals surface area contributed by atoms with E-state index in [0.717, 1.165) is 6.92 Å². The first-order chi connectivity index (χ1) is 10.8. The second-order valence-electron chi connectivity index (χ2n) is 4.69. The van der Waals surface area contributed by atoms with Crippen LogP contribution in [0.4, 0.5) is 26.3 Å². The molecular formula is C13H6Cl2F6N2O. The molecule has 11 heteroatoms. The van der Waals surface area contributed by atoms with E-state index >= 15 is 0 Å². The van der Waals surface area contributed by atoms with E-state index in [1.807, 2.05) is 4.98 Å². The van der Waals surface area contributed by atoms with Crippen molar-refractivity contribution in [3.63, 3.8) is 0 Å². The van der Waals surface area contributed by atoms with Gasteiger partial charge in [0, 0.05) is 5.56 Å². The Hall–Kier alpha value is -1.74. The van der Waals surface area contributed by atoms with Gasteiger partial charge in [-0.25, -0.2) is 4.98 Å². The summed E-state index contributed by atoms with van der Waals surface area (Å²) in [6.45, 7) is 1.12. The summed E-state index contributed by atoms with van der Waals surface area (Å²) in [5, 5.41) is -1.51. The van der Waals surface area contributed by atoms with Crippen LogP contribution in [0.3, 0.4) is 0 Å². The van der Waals surface area contributed by atoms with Crippen molar-refractivity contribution in [3.8, 4) is 11.1 Å². The van der Waals surface area contributed by atoms with Gasteiger partial charge in [0.2, 0.25) is 0 Å². The summed E-state index contributed by atoms with van der Waals surface area (Å²) >= 11 is 11.4. The Morgan fingerprint density at radius 2 is 1.46 bits per heavy atom. The molecule has 3 nitrogen and oxygen atoms in total. The molecule has 0 saturated carbocycles. The van der Waals surface area contributed by atoms with E-state index in [1.165, 1.54) is 0 Å². The maximum Gasteiger partial charge on any atom is 0.434 e. The number of rotatable bonds is 1. The molecule has 0 aliphatic heterocycles. The summed E-state index contributed by atoms with van der Waals surface area (Å²) in [5.41, 5.74) is -5.79. The lowest BCUT2D eigenvalue weighted by Crippen LogP contribution is -2.22. The number of alkyl halides is 6. The Morgan fingerprint density at radius 3 is 1.88 bits per heavy atom. The van der Waals surface area contributed by atoms with Crippen LogP contribution in [-0.4, -0.2) is 9.97 Å². The summed E-state index contributed by atoms with van der Waals surface area (Å²) in [6, 6.07) is 0.782. The maximum atomic E-state index is 13.1. The molecule has 0 unspecified atom stereocenters. The highest BCUT2D eigenvalue weighted by molar-refractivity contribution is 6.39. The van der Waals surface area contributed by atoms with Crippen molar-refractivity contribution in [1.29, 1.82) is 0 Å². The molecule has 24 heavy (non-hydrogen) atoms. The average molecular weight is 391 g/mol. The van der Waals surface area contributed by atoms with E-state index in [1.54, 1.807) is 0 Å². The Labute approximate surface area is 140 Å². The van der Waals surface area contributed by atoms with E-state index in [4.69, 9.17) is 23.2 Å². The normalized spacial score (nSPS) is 12.5. The Kier molecular flexibility index (Phi) is 4.62. The quantitative estimate of drug-likeness (QED) is 0.689. The number of aromatic amines is 1. The lowest BCUT2D eigenvalue weighted by atomic mass is 10.0. The molecular weight excluding hydrogens is 385 g/mol. The molecule has 0 fully saturated rings. The van der Waals surface area contributed by atoms with Gasteiger partial charge in [-0.05, 0) is 19.1 Å². The molecule has 1 aromatic carbocycles. The van der Waals surface area contributed by atoms with Gasteiger partial charge in [-0.15, -0.1) is 0 Å². The highest BCUT2D eigenvalue weighted by Gasteiger charge is 2.39. The van der Waals surface area contributed by atoms with Crippen molar-refractivity contribution in [2.75, 3.05) is 0 Å². The van der Waals surface area contributed by atoms with Crippen LogP contribution in [0.15, 0.2) is 16.9 Å². The Morgan fingerprint density at radius 1 is 0.958 bits per heavy atom. The highest BCUT2D eigenvalue weighted by Crippen LogP contribution is 2.42. The van der Waals surface area contributed by atoms with Crippen molar-refractivity contribution in [2.45, 2.75) is 19.3 Å². The number of H-pyrrole nitrogens is 1. The zero-order valence-corrected chi connectivity index (χ0v) is 13.0. The summed E-state index contributed by atoms with van der Waals surface area (Å²) in [5.74, 6) is -0.324. The van der Waals surface area contributed by atoms with Crippen LogP contribution in [0.25, 0.3) is 11.1 Å². The number of aromatic nitrogens is 2. The van der Waals surface area contributed by atoms with Crippen molar-refractivity contribution < 1.29 is 26.3 Å². The zero-order valence-electron chi connectivity index (χ0n) is 11.5. The molecule has 0 radical (unpaired) electrons. The monoisotopic (exact) mass is 390 g/mol. The largest absolute Gasteiger partial charge is 0.434 e. The van der Waals surface area contributed by atoms with E-state index in [0.29, 0.717) is 12.1 Å². The lowest BCUT2D eigenvalue weighted by Gasteiger charge is -2.16. The van der Waals surface area contributed by atoms with Gasteiger partial charge in [0.25, 0.3) is 5.56 Å². The Balaban J connectivity index is 2.86. The summed E-state index contributed by atoms with van der Waals surface area (Å²) in [4.78, 5) is 17.2. The smallest absolute Gasteiger partial charge is 0.310 e. The second kappa shape index (κ2) is 5.96. The fourth-order valence-electron chi connectivity index (χ4n) is 2.00. The molecule has 0 spiro atoms. The van der Waals surface area contributed by atoms with Crippen molar-refractivity contribution in [2.24, 2.45) is 0 Å². The van der Waals surface area contributed by atoms with Crippen LogP contribution in [0.2, 0.25) is 10.0 Å². The third-order valence-corrected chi connectivity index (χ3v) is 3.52. The summed E-state index contributed by atoms with van der Waals surface area (Å²) in [7, 11) is 0. The summed E-state index contributed by atoms with van der Waals surface area (Å²) < 4.78 is 77.5. The molecule has 1 heterocycles. The molecule has 0 atom stereocenters. The first-order valence-electron chi connectivity index (χ1n) is 6.07. The number of nitrogens with zero attached hydrogens (tertiary/aromatic N) is 1. The first-order valence-corrected chi connectivity index (χ1v) is 6.82. The van der Waals surface area contributed by atoms with Gasteiger partial charge >= 0.3 is 12.4 Å². The van der Waals surface area contributed by atoms with Crippen molar-refractivity contribution in [1.82, 2.24) is 9.97 Å². The van der Waals surface area contributed by atoms with Gasteiger partial charge in [0.15, 0.2) is 5.69 Å². The highest BCUT2D eigenvalue weighted by atomic mass is 35.5. The number of hydrogen-bond donors (Lipinski definition) is 1. The van der Waals surface area contributed by atoms with E-state index < -0.39 is 50.3 Å². The number of nitrogens with one attached hydrogen (secondary N) is 1. The fraction of sp³-hybridized carbons (Fsp3) is 0.231. The van der Waals surface area contributed by atoms with Gasteiger partial charge in [-0.3, -0.25) is 4.79 Å². The number of benzene rings is 1. The van der Waals surface area contributed by atoms with Gasteiger partial charge in [-0.2, -0.15) is 26.3 Å². The number of hydrogen-bond acceptors (Lipinski definition) is 2. The first kappa shape index (κ1) is 18.6. The van der Waals surface area contributed by atoms with Crippen LogP contribution in [0, 0.1) is 6.92 Å². The summed E-state index contributed by atoms with van der Waals surface area (Å²) in [6.07, 6.45) is -9.85. The van der Waals surface area contributed by atoms with E-state index in [-0.39, 0.29) is 5.82 Å². The Bertz CT molecular complexity index is 834. The molecule has 0 aliphatic rings. The lowest BCUT2D eigenvalue weighted by molar-refractivity contribution is -0.141.